The van der Waals surface area contributed by atoms with E-state index >= 15 is 0 Å². The van der Waals surface area contributed by atoms with Gasteiger partial charge in [0, 0.05) is 29.9 Å². The van der Waals surface area contributed by atoms with Crippen molar-refractivity contribution < 1.29 is 14.3 Å². The second-order valence-electron chi connectivity index (χ2n) is 7.15. The molecule has 2 heterocycles. The van der Waals surface area contributed by atoms with E-state index in [9.17, 15) is 4.79 Å². The molecule has 0 atom stereocenters. The van der Waals surface area contributed by atoms with E-state index in [1.807, 2.05) is 18.2 Å². The van der Waals surface area contributed by atoms with Crippen LogP contribution in [0.5, 0.6) is 11.5 Å². The molecule has 0 fully saturated rings. The van der Waals surface area contributed by atoms with E-state index in [4.69, 9.17) is 15.2 Å². The van der Waals surface area contributed by atoms with Crippen LogP contribution >= 0.6 is 0 Å². The summed E-state index contributed by atoms with van der Waals surface area (Å²) in [7, 11) is 3.11. The number of nitrogens with one attached hydrogen (secondary N) is 3. The highest BCUT2D eigenvalue weighted by atomic mass is 16.5. The third-order valence-corrected chi connectivity index (χ3v) is 5.31. The number of tetrazole rings is 1. The van der Waals surface area contributed by atoms with Crippen LogP contribution in [0.25, 0.3) is 10.9 Å². The van der Waals surface area contributed by atoms with E-state index in [-0.39, 0.29) is 5.56 Å². The van der Waals surface area contributed by atoms with Gasteiger partial charge in [-0.15, -0.1) is 5.10 Å². The van der Waals surface area contributed by atoms with Crippen molar-refractivity contribution in [2.75, 3.05) is 24.9 Å². The van der Waals surface area contributed by atoms with E-state index in [2.05, 4.69) is 43.2 Å². The summed E-state index contributed by atoms with van der Waals surface area (Å²) in [6.07, 6.45) is 2.21. The molecule has 0 saturated carbocycles. The summed E-state index contributed by atoms with van der Waals surface area (Å²) in [5, 5.41) is 21.0. The highest BCUT2D eigenvalue weighted by Crippen LogP contribution is 2.37. The van der Waals surface area contributed by atoms with Gasteiger partial charge in [0.2, 0.25) is 0 Å². The quantitative estimate of drug-likeness (QED) is 0.303. The summed E-state index contributed by atoms with van der Waals surface area (Å²) in [4.78, 5) is 16.6. The molecule has 5 N–H and O–H groups in total. The predicted molar refractivity (Wildman–Crippen MR) is 124 cm³/mol. The van der Waals surface area contributed by atoms with Crippen molar-refractivity contribution in [3.05, 3.63) is 53.2 Å². The first-order chi connectivity index (χ1) is 16.0. The van der Waals surface area contributed by atoms with Gasteiger partial charge in [0.1, 0.15) is 0 Å². The highest BCUT2D eigenvalue weighted by molar-refractivity contribution is 6.08. The molecule has 4 aromatic rings. The molecular formula is C22H24N8O3. The normalized spacial score (nSPS) is 10.8. The molecule has 0 aliphatic carbocycles. The van der Waals surface area contributed by atoms with Crippen LogP contribution in [0.2, 0.25) is 0 Å². The Morgan fingerprint density at radius 1 is 1.18 bits per heavy atom. The number of H-pyrrole nitrogens is 1. The lowest BCUT2D eigenvalue weighted by molar-refractivity contribution is 0.100. The molecule has 0 aliphatic heterocycles. The number of pyridine rings is 1. The van der Waals surface area contributed by atoms with Crippen LogP contribution in [0.4, 0.5) is 17.3 Å². The number of hydrogen-bond acceptors (Lipinski definition) is 9. The molecule has 11 heteroatoms. The fraction of sp³-hybridized carbons (Fsp3) is 0.227. The number of rotatable bonds is 9. The number of fused-ring (bicyclic) bond motifs is 1. The average molecular weight is 448 g/mol. The van der Waals surface area contributed by atoms with Crippen molar-refractivity contribution >= 4 is 34.1 Å². The van der Waals surface area contributed by atoms with Crippen molar-refractivity contribution in [1.82, 2.24) is 25.6 Å². The molecule has 170 valence electrons. The molecule has 0 radical (unpaired) electrons. The van der Waals surface area contributed by atoms with Crippen LogP contribution in [0.15, 0.2) is 36.5 Å². The Labute approximate surface area is 189 Å². The van der Waals surface area contributed by atoms with Crippen molar-refractivity contribution in [3.8, 4) is 11.5 Å². The highest BCUT2D eigenvalue weighted by Gasteiger charge is 2.18. The van der Waals surface area contributed by atoms with Gasteiger partial charge >= 0.3 is 0 Å². The molecule has 1 amide bonds. The minimum absolute atomic E-state index is 0.270. The SMILES string of the molecule is CCc1c(CNc2nn[nH]n2)cccc1Nc1c(C(N)=O)cnc2cc(OC)c(OC)cc12. The Bertz CT molecular complexity index is 1290. The fourth-order valence-corrected chi connectivity index (χ4v) is 3.72. The maximum Gasteiger partial charge on any atom is 0.263 e. The zero-order valence-corrected chi connectivity index (χ0v) is 18.5. The molecule has 2 aromatic heterocycles. The molecule has 11 nitrogen and oxygen atoms in total. The molecule has 0 aliphatic rings. The molecular weight excluding hydrogens is 424 g/mol. The number of ether oxygens (including phenoxy) is 2. The number of methoxy groups -OCH3 is 2. The number of nitrogens with two attached hydrogens (primary N) is 1. The van der Waals surface area contributed by atoms with Gasteiger partial charge in [0.05, 0.1) is 31.0 Å². The van der Waals surface area contributed by atoms with E-state index in [1.54, 1.807) is 26.4 Å². The van der Waals surface area contributed by atoms with Crippen molar-refractivity contribution in [1.29, 1.82) is 0 Å². The van der Waals surface area contributed by atoms with Crippen LogP contribution in [-0.2, 0) is 13.0 Å². The second-order valence-corrected chi connectivity index (χ2v) is 7.15. The van der Waals surface area contributed by atoms with Gasteiger partial charge in [0.15, 0.2) is 11.5 Å². The topological polar surface area (TPSA) is 153 Å². The molecule has 0 spiro atoms. The largest absolute Gasteiger partial charge is 0.493 e. The zero-order chi connectivity index (χ0) is 23.4. The molecule has 4 rings (SSSR count). The number of primary amides is 1. The van der Waals surface area contributed by atoms with Crippen LogP contribution in [0.1, 0.15) is 28.4 Å². The average Bonchev–Trinajstić information content (AvgIpc) is 3.35. The number of anilines is 3. The van der Waals surface area contributed by atoms with Gasteiger partial charge < -0.3 is 25.8 Å². The van der Waals surface area contributed by atoms with E-state index in [1.165, 1.54) is 6.20 Å². The van der Waals surface area contributed by atoms with Gasteiger partial charge in [-0.2, -0.15) is 5.21 Å². The Balaban J connectivity index is 1.79. The minimum atomic E-state index is -0.588. The van der Waals surface area contributed by atoms with E-state index in [0.717, 1.165) is 23.2 Å². The van der Waals surface area contributed by atoms with Gasteiger partial charge in [0.25, 0.3) is 11.9 Å². The Morgan fingerprint density at radius 3 is 2.64 bits per heavy atom. The zero-order valence-electron chi connectivity index (χ0n) is 18.5. The number of carbonyl (C=O) groups excluding carboxylic acids is 1. The number of aromatic nitrogens is 5. The Morgan fingerprint density at radius 2 is 1.97 bits per heavy atom. The first kappa shape index (κ1) is 21.8. The van der Waals surface area contributed by atoms with Crippen LogP contribution in [0, 0.1) is 0 Å². The lowest BCUT2D eigenvalue weighted by Crippen LogP contribution is -2.15. The van der Waals surface area contributed by atoms with Gasteiger partial charge in [-0.25, -0.2) is 0 Å². The lowest BCUT2D eigenvalue weighted by Gasteiger charge is -2.19. The van der Waals surface area contributed by atoms with Gasteiger partial charge in [-0.3, -0.25) is 9.78 Å². The number of aromatic amines is 1. The third kappa shape index (κ3) is 4.33. The predicted octanol–water partition coefficient (Wildman–Crippen LogP) is 2.78. The number of amides is 1. The maximum atomic E-state index is 12.2. The number of benzene rings is 2. The van der Waals surface area contributed by atoms with Crippen LogP contribution in [0.3, 0.4) is 0 Å². The summed E-state index contributed by atoms with van der Waals surface area (Å²) >= 11 is 0. The number of nitrogens with zero attached hydrogens (tertiary/aromatic N) is 4. The van der Waals surface area contributed by atoms with Crippen LogP contribution < -0.4 is 25.8 Å². The molecule has 2 aromatic carbocycles. The first-order valence-corrected chi connectivity index (χ1v) is 10.2. The molecule has 0 unspecified atom stereocenters. The molecule has 0 bridgehead atoms. The van der Waals surface area contributed by atoms with E-state index < -0.39 is 5.91 Å². The fourth-order valence-electron chi connectivity index (χ4n) is 3.72. The summed E-state index contributed by atoms with van der Waals surface area (Å²) < 4.78 is 10.8. The number of hydrogen-bond donors (Lipinski definition) is 4. The molecule has 0 saturated heterocycles. The van der Waals surface area contributed by atoms with Crippen molar-refractivity contribution in [3.63, 3.8) is 0 Å². The standard InChI is InChI=1S/C22H24N8O3/c1-4-13-12(10-25-22-27-29-30-28-22)6-5-7-16(13)26-20-14-8-18(32-2)19(33-3)9-17(14)24-11-15(20)21(23)31/h5-9,11H,4,10H2,1-3H3,(H2,23,31)(H,24,26)(H2,25,27,28,29,30). The van der Waals surface area contributed by atoms with Gasteiger partial charge in [-0.1, -0.05) is 24.2 Å². The monoisotopic (exact) mass is 448 g/mol. The molecule has 33 heavy (non-hydrogen) atoms. The third-order valence-electron chi connectivity index (χ3n) is 5.31. The van der Waals surface area contributed by atoms with Crippen molar-refractivity contribution in [2.45, 2.75) is 19.9 Å². The summed E-state index contributed by atoms with van der Waals surface area (Å²) in [6.45, 7) is 2.56. The number of carbonyl (C=O) groups is 1. The van der Waals surface area contributed by atoms with Gasteiger partial charge in [-0.05, 0) is 34.9 Å². The van der Waals surface area contributed by atoms with Crippen LogP contribution in [-0.4, -0.2) is 45.7 Å². The second kappa shape index (κ2) is 9.39. The minimum Gasteiger partial charge on any atom is -0.493 e. The summed E-state index contributed by atoms with van der Waals surface area (Å²) in [5.41, 5.74) is 10.1. The summed E-state index contributed by atoms with van der Waals surface area (Å²) in [6, 6.07) is 9.45. The lowest BCUT2D eigenvalue weighted by atomic mass is 10.0. The first-order valence-electron chi connectivity index (χ1n) is 10.2. The Hall–Kier alpha value is -4.41. The summed E-state index contributed by atoms with van der Waals surface area (Å²) in [5.74, 6) is 0.881. The van der Waals surface area contributed by atoms with E-state index in [0.29, 0.717) is 40.6 Å². The van der Waals surface area contributed by atoms with Crippen molar-refractivity contribution in [2.24, 2.45) is 5.73 Å². The smallest absolute Gasteiger partial charge is 0.263 e. The maximum absolute atomic E-state index is 12.2. The Kier molecular flexibility index (Phi) is 6.20.